The lowest BCUT2D eigenvalue weighted by Crippen LogP contribution is -2.61. The van der Waals surface area contributed by atoms with Crippen molar-refractivity contribution in [3.63, 3.8) is 0 Å². The number of Topliss-reactive ketones (excluding diaryl/α,β-unsaturated/α-hetero) is 1. The number of aliphatic hydroxyl groups excluding tert-OH is 1. The van der Waals surface area contributed by atoms with Gasteiger partial charge in [-0.05, 0) is 31.0 Å². The third-order valence-electron chi connectivity index (χ3n) is 6.28. The van der Waals surface area contributed by atoms with Crippen LogP contribution >= 0.6 is 11.3 Å². The number of β-lactam (4-membered cyclic amide) rings is 1. The molecule has 11 nitrogen and oxygen atoms in total. The molecule has 5 rings (SSSR count). The van der Waals surface area contributed by atoms with Gasteiger partial charge in [-0.3, -0.25) is 24.1 Å². The normalized spacial score (nSPS) is 20.1. The number of aliphatic hydroxyl groups is 1. The summed E-state index contributed by atoms with van der Waals surface area (Å²) in [6, 6.07) is 5.26. The number of fused-ring (bicyclic) bond motifs is 2. The molecule has 1 aromatic carbocycles. The van der Waals surface area contributed by atoms with Gasteiger partial charge in [0.05, 0.1) is 27.9 Å². The van der Waals surface area contributed by atoms with E-state index in [0.717, 1.165) is 0 Å². The third-order valence-corrected chi connectivity index (χ3v) is 7.45. The number of carbonyl (C=O) groups is 3. The van der Waals surface area contributed by atoms with Crippen LogP contribution in [0.15, 0.2) is 42.5 Å². The number of carbonyl (C=O) groups excluding carboxylic acids is 3. The highest BCUT2D eigenvalue weighted by molar-refractivity contribution is 7.18. The van der Waals surface area contributed by atoms with Gasteiger partial charge in [-0.15, -0.1) is 11.3 Å². The number of rotatable bonds is 7. The van der Waals surface area contributed by atoms with E-state index >= 15 is 0 Å². The predicted octanol–water partition coefficient (Wildman–Crippen LogP) is 2.57. The number of ether oxygens (including phenoxy) is 1. The molecule has 1 N–H and O–H groups in total. The minimum atomic E-state index is -0.868. The van der Waals surface area contributed by atoms with E-state index in [9.17, 15) is 29.6 Å². The lowest BCUT2D eigenvalue weighted by molar-refractivity contribution is -0.384. The van der Waals surface area contributed by atoms with Crippen molar-refractivity contribution < 1.29 is 29.2 Å². The molecule has 0 spiro atoms. The molecule has 0 unspecified atom stereocenters. The van der Waals surface area contributed by atoms with E-state index < -0.39 is 22.9 Å². The van der Waals surface area contributed by atoms with Gasteiger partial charge in [-0.2, -0.15) is 0 Å². The molecule has 0 saturated carbocycles. The fraction of sp³-hybridized carbons (Fsp3) is 0.304. The van der Waals surface area contributed by atoms with Crippen molar-refractivity contribution in [2.24, 2.45) is 5.92 Å². The van der Waals surface area contributed by atoms with Crippen LogP contribution in [0.1, 0.15) is 41.2 Å². The summed E-state index contributed by atoms with van der Waals surface area (Å²) in [7, 11) is 0. The fourth-order valence-electron chi connectivity index (χ4n) is 4.59. The summed E-state index contributed by atoms with van der Waals surface area (Å²) in [6.07, 6.45) is 2.77. The van der Waals surface area contributed by atoms with Crippen LogP contribution in [-0.4, -0.2) is 54.1 Å². The summed E-state index contributed by atoms with van der Waals surface area (Å²) in [5, 5.41) is 20.9. The van der Waals surface area contributed by atoms with Gasteiger partial charge in [0.1, 0.15) is 29.2 Å². The first kappa shape index (κ1) is 22.9. The van der Waals surface area contributed by atoms with Crippen molar-refractivity contribution >= 4 is 45.1 Å². The molecule has 12 heteroatoms. The molecule has 180 valence electrons. The Hall–Kier alpha value is -3.90. The smallest absolute Gasteiger partial charge is 0.355 e. The summed E-state index contributed by atoms with van der Waals surface area (Å²) in [5.74, 6) is -1.86. The van der Waals surface area contributed by atoms with Gasteiger partial charge in [-0.1, -0.05) is 0 Å². The number of non-ortho nitro benzene ring substituents is 1. The molecule has 0 radical (unpaired) electrons. The number of nitro benzene ring substituents is 1. The molecule has 0 bridgehead atoms. The second-order valence-electron chi connectivity index (χ2n) is 8.53. The monoisotopic (exact) mass is 496 g/mol. The van der Waals surface area contributed by atoms with Crippen molar-refractivity contribution in [1.29, 1.82) is 0 Å². The van der Waals surface area contributed by atoms with Crippen LogP contribution in [0.2, 0.25) is 0 Å². The Bertz CT molecular complexity index is 1420. The van der Waals surface area contributed by atoms with Crippen LogP contribution in [0.4, 0.5) is 5.69 Å². The fourth-order valence-corrected chi connectivity index (χ4v) is 5.77. The molecule has 2 aromatic heterocycles. The maximum absolute atomic E-state index is 13.2. The number of esters is 1. The second-order valence-corrected chi connectivity index (χ2v) is 9.56. The van der Waals surface area contributed by atoms with E-state index in [4.69, 9.17) is 4.74 Å². The Balaban J connectivity index is 1.47. The Labute approximate surface area is 202 Å². The number of hydrogen-bond acceptors (Lipinski definition) is 9. The van der Waals surface area contributed by atoms with E-state index in [1.54, 1.807) is 17.5 Å². The van der Waals surface area contributed by atoms with E-state index in [2.05, 4.69) is 4.98 Å². The van der Waals surface area contributed by atoms with Gasteiger partial charge in [0, 0.05) is 30.8 Å². The van der Waals surface area contributed by atoms with Crippen molar-refractivity contribution in [2.75, 3.05) is 0 Å². The van der Waals surface area contributed by atoms with Crippen LogP contribution in [0.3, 0.4) is 0 Å². The quantitative estimate of drug-likeness (QED) is 0.173. The topological polar surface area (TPSA) is 144 Å². The SMILES string of the molecule is CC(=O)c1ncn2cc(C3=C(C(=O)OCc4ccc([N+](=O)[O-])cc4)N4C(=O)[C@H]([C@@H](C)O)[C@H]4C3)sc12. The number of ketones is 1. The number of nitrogens with zero attached hydrogens (tertiary/aromatic N) is 4. The predicted molar refractivity (Wildman–Crippen MR) is 123 cm³/mol. The first-order valence-corrected chi connectivity index (χ1v) is 11.6. The summed E-state index contributed by atoms with van der Waals surface area (Å²) in [5.41, 5.74) is 1.51. The van der Waals surface area contributed by atoms with Gasteiger partial charge in [0.25, 0.3) is 5.69 Å². The lowest BCUT2D eigenvalue weighted by atomic mass is 9.83. The molecule has 2 aliphatic rings. The van der Waals surface area contributed by atoms with Crippen LogP contribution in [0.5, 0.6) is 0 Å². The number of benzene rings is 1. The van der Waals surface area contributed by atoms with Gasteiger partial charge in [0.2, 0.25) is 5.91 Å². The highest BCUT2D eigenvalue weighted by atomic mass is 32.1. The number of nitro groups is 1. The molecular weight excluding hydrogens is 476 g/mol. The Morgan fingerprint density at radius 2 is 2.06 bits per heavy atom. The summed E-state index contributed by atoms with van der Waals surface area (Å²) in [4.78, 5) is 55.1. The molecule has 1 fully saturated rings. The Morgan fingerprint density at radius 3 is 2.69 bits per heavy atom. The summed E-state index contributed by atoms with van der Waals surface area (Å²) < 4.78 is 7.19. The lowest BCUT2D eigenvalue weighted by Gasteiger charge is -2.44. The largest absolute Gasteiger partial charge is 0.456 e. The maximum atomic E-state index is 13.2. The van der Waals surface area contributed by atoms with Crippen LogP contribution < -0.4 is 0 Å². The Kier molecular flexibility index (Phi) is 5.49. The molecular formula is C23H20N4O7S. The molecule has 4 heterocycles. The number of aromatic nitrogens is 2. The molecule has 3 atom stereocenters. The van der Waals surface area contributed by atoms with Crippen LogP contribution in [-0.2, 0) is 20.9 Å². The average molecular weight is 497 g/mol. The molecule has 1 amide bonds. The Morgan fingerprint density at radius 1 is 1.34 bits per heavy atom. The van der Waals surface area contributed by atoms with Gasteiger partial charge in [-0.25, -0.2) is 9.78 Å². The van der Waals surface area contributed by atoms with Crippen molar-refractivity contribution in [2.45, 2.75) is 39.0 Å². The number of imidazole rings is 1. The number of amides is 1. The van der Waals surface area contributed by atoms with E-state index in [-0.39, 0.29) is 35.7 Å². The first-order chi connectivity index (χ1) is 16.7. The molecule has 2 aliphatic heterocycles. The van der Waals surface area contributed by atoms with Crippen LogP contribution in [0, 0.1) is 16.0 Å². The zero-order valence-electron chi connectivity index (χ0n) is 18.7. The van der Waals surface area contributed by atoms with Gasteiger partial charge < -0.3 is 14.7 Å². The standard InChI is InChI=1S/C23H20N4O7S/c1-11(28)18-16-7-15(17-8-25-10-24-19(12(2)29)22(25)35-17)20(26(16)21(18)30)23(31)34-9-13-3-5-14(6-4-13)27(32)33/h3-6,8,10-11,16,18,28H,7,9H2,1-2H3/t11-,16-,18-/m1/s1. The van der Waals surface area contributed by atoms with Crippen LogP contribution in [0.25, 0.3) is 10.4 Å². The summed E-state index contributed by atoms with van der Waals surface area (Å²) in [6.45, 7) is 2.84. The average Bonchev–Trinajstić information content (AvgIpc) is 3.48. The van der Waals surface area contributed by atoms with E-state index in [1.165, 1.54) is 53.8 Å². The summed E-state index contributed by atoms with van der Waals surface area (Å²) >= 11 is 1.29. The molecule has 0 aliphatic carbocycles. The van der Waals surface area contributed by atoms with Gasteiger partial charge >= 0.3 is 5.97 Å². The van der Waals surface area contributed by atoms with Gasteiger partial charge in [0.15, 0.2) is 5.78 Å². The minimum Gasteiger partial charge on any atom is -0.456 e. The highest BCUT2D eigenvalue weighted by Crippen LogP contribution is 2.48. The first-order valence-electron chi connectivity index (χ1n) is 10.8. The minimum absolute atomic E-state index is 0.0763. The molecule has 1 saturated heterocycles. The molecule has 3 aromatic rings. The van der Waals surface area contributed by atoms with Crippen molar-refractivity contribution in [3.05, 3.63) is 68.7 Å². The van der Waals surface area contributed by atoms with E-state index in [0.29, 0.717) is 33.0 Å². The van der Waals surface area contributed by atoms with E-state index in [1.807, 2.05) is 0 Å². The second kappa shape index (κ2) is 8.40. The zero-order valence-corrected chi connectivity index (χ0v) is 19.5. The maximum Gasteiger partial charge on any atom is 0.355 e. The van der Waals surface area contributed by atoms with Crippen molar-refractivity contribution in [1.82, 2.24) is 14.3 Å². The zero-order chi connectivity index (χ0) is 25.0. The molecule has 35 heavy (non-hydrogen) atoms. The third kappa shape index (κ3) is 3.70. The highest BCUT2D eigenvalue weighted by Gasteiger charge is 2.57. The van der Waals surface area contributed by atoms with Crippen molar-refractivity contribution in [3.8, 4) is 0 Å². The number of hydrogen-bond donors (Lipinski definition) is 1. The number of thiazole rings is 1.